The maximum Gasteiger partial charge on any atom is 1.00 e. The van der Waals surface area contributed by atoms with Gasteiger partial charge in [-0.3, -0.25) is 0 Å². The van der Waals surface area contributed by atoms with Crippen LogP contribution in [0.3, 0.4) is 0 Å². The monoisotopic (exact) mass is 297 g/mol. The molecule has 0 aliphatic carbocycles. The Bertz CT molecular complexity index is 537. The van der Waals surface area contributed by atoms with Crippen molar-refractivity contribution in [2.24, 2.45) is 0 Å². The normalized spacial score (nSPS) is 9.82. The van der Waals surface area contributed by atoms with Crippen molar-refractivity contribution in [1.82, 2.24) is 4.98 Å². The summed E-state index contributed by atoms with van der Waals surface area (Å²) in [6.07, 6.45) is 0. The first-order chi connectivity index (χ1) is 7.58. The third kappa shape index (κ3) is 3.50. The largest absolute Gasteiger partial charge is 1.00 e. The van der Waals surface area contributed by atoms with Crippen molar-refractivity contribution in [3.63, 3.8) is 0 Å². The van der Waals surface area contributed by atoms with Gasteiger partial charge in [0.05, 0.1) is 15.7 Å². The van der Waals surface area contributed by atoms with Crippen molar-refractivity contribution >= 4 is 34.8 Å². The molecule has 17 heavy (non-hydrogen) atoms. The average molecular weight is 299 g/mol. The van der Waals surface area contributed by atoms with Gasteiger partial charge in [0, 0.05) is 5.56 Å². The van der Waals surface area contributed by atoms with Crippen molar-refractivity contribution in [2.45, 2.75) is 0 Å². The molecule has 1 N–H and O–H groups in total. The van der Waals surface area contributed by atoms with Crippen LogP contribution >= 0.6 is 34.8 Å². The van der Waals surface area contributed by atoms with E-state index in [0.29, 0.717) is 15.7 Å². The first kappa shape index (κ1) is 15.1. The Kier molecular flexibility index (Phi) is 5.58. The van der Waals surface area contributed by atoms with Gasteiger partial charge in [-0.15, -0.1) is 0 Å². The number of aromatic hydroxyl groups is 1. The van der Waals surface area contributed by atoms with Crippen LogP contribution in [0.1, 0.15) is 1.43 Å². The molecule has 1 aromatic heterocycles. The van der Waals surface area contributed by atoms with Crippen LogP contribution in [0.5, 0.6) is 5.75 Å². The first-order valence-corrected chi connectivity index (χ1v) is 5.52. The number of nitrogens with zero attached hydrogens (tertiary/aromatic N) is 1. The van der Waals surface area contributed by atoms with E-state index in [0.717, 1.165) is 5.56 Å². The summed E-state index contributed by atoms with van der Waals surface area (Å²) in [5, 5.41) is 10.1. The fourth-order valence-corrected chi connectivity index (χ4v) is 1.87. The van der Waals surface area contributed by atoms with Crippen molar-refractivity contribution in [3.05, 3.63) is 45.5 Å². The Balaban J connectivity index is 0.00000144. The van der Waals surface area contributed by atoms with Crippen molar-refractivity contribution < 1.29 is 36.1 Å². The molecule has 2 rings (SSSR count). The molecular weight excluding hydrogens is 291 g/mol. The van der Waals surface area contributed by atoms with E-state index in [-0.39, 0.29) is 41.9 Å². The molecule has 0 aliphatic heterocycles. The van der Waals surface area contributed by atoms with Crippen LogP contribution < -0.4 is 29.6 Å². The molecule has 1 heterocycles. The van der Waals surface area contributed by atoms with E-state index >= 15 is 0 Å². The number of hydrogen-bond donors (Lipinski definition) is 1. The number of hydrogen-bond acceptors (Lipinski definition) is 2. The minimum Gasteiger partial charge on any atom is -1.00 e. The molecule has 84 valence electrons. The number of pyridine rings is 1. The van der Waals surface area contributed by atoms with E-state index < -0.39 is 0 Å². The molecule has 0 saturated heterocycles. The number of halogens is 3. The van der Waals surface area contributed by atoms with Gasteiger partial charge in [0.15, 0.2) is 0 Å². The predicted molar refractivity (Wildman–Crippen MR) is 67.5 cm³/mol. The Labute approximate surface area is 137 Å². The SMILES string of the molecule is Oc1ccc(-c2nc(Cl)c(Cl)cc2Cl)cc1.[H-].[Na+]. The molecule has 6 heteroatoms. The van der Waals surface area contributed by atoms with Gasteiger partial charge < -0.3 is 6.53 Å². The Hall–Kier alpha value is 0.0400. The number of rotatable bonds is 1. The van der Waals surface area contributed by atoms with Gasteiger partial charge in [0.25, 0.3) is 0 Å². The summed E-state index contributed by atoms with van der Waals surface area (Å²) in [6, 6.07) is 8.05. The molecule has 2 aromatic rings. The Morgan fingerprint density at radius 3 is 2.18 bits per heavy atom. The standard InChI is InChI=1S/C11H6Cl3NO.Na.H/c12-8-5-9(13)11(14)15-10(8)6-1-3-7(16)4-2-6;;/h1-5,16H;;/q;+1;-1. The van der Waals surface area contributed by atoms with Gasteiger partial charge in [-0.05, 0) is 30.3 Å². The summed E-state index contributed by atoms with van der Waals surface area (Å²) in [6.45, 7) is 0. The van der Waals surface area contributed by atoms with E-state index in [1.807, 2.05) is 0 Å². The maximum atomic E-state index is 9.17. The minimum atomic E-state index is 0. The molecule has 0 saturated carbocycles. The average Bonchev–Trinajstić information content (AvgIpc) is 2.25. The molecule has 0 atom stereocenters. The van der Waals surface area contributed by atoms with E-state index in [1.165, 1.54) is 0 Å². The molecule has 0 fully saturated rings. The van der Waals surface area contributed by atoms with Gasteiger partial charge in [-0.25, -0.2) is 4.98 Å². The zero-order valence-electron chi connectivity index (χ0n) is 9.92. The molecule has 0 unspecified atom stereocenters. The third-order valence-electron chi connectivity index (χ3n) is 2.03. The van der Waals surface area contributed by atoms with E-state index in [4.69, 9.17) is 34.8 Å². The van der Waals surface area contributed by atoms with E-state index in [9.17, 15) is 5.11 Å². The molecule has 0 aliphatic rings. The van der Waals surface area contributed by atoms with Gasteiger partial charge in [-0.2, -0.15) is 0 Å². The van der Waals surface area contributed by atoms with Crippen molar-refractivity contribution in [2.75, 3.05) is 0 Å². The Morgan fingerprint density at radius 2 is 1.59 bits per heavy atom. The van der Waals surface area contributed by atoms with Crippen LogP contribution in [-0.4, -0.2) is 10.1 Å². The summed E-state index contributed by atoms with van der Waals surface area (Å²) in [7, 11) is 0. The third-order valence-corrected chi connectivity index (χ3v) is 2.99. The molecule has 0 radical (unpaired) electrons. The van der Waals surface area contributed by atoms with Crippen LogP contribution in [0, 0.1) is 0 Å². The van der Waals surface area contributed by atoms with Crippen LogP contribution in [0.4, 0.5) is 0 Å². The fourth-order valence-electron chi connectivity index (χ4n) is 1.27. The van der Waals surface area contributed by atoms with Crippen LogP contribution in [-0.2, 0) is 0 Å². The molecule has 0 bridgehead atoms. The molecule has 0 amide bonds. The number of benzene rings is 1. The Morgan fingerprint density at radius 1 is 1.00 bits per heavy atom. The second kappa shape index (κ2) is 6.28. The predicted octanol–water partition coefficient (Wildman–Crippen LogP) is 1.53. The zero-order valence-corrected chi connectivity index (χ0v) is 13.2. The zero-order chi connectivity index (χ0) is 11.7. The van der Waals surface area contributed by atoms with Gasteiger partial charge in [-0.1, -0.05) is 34.8 Å². The van der Waals surface area contributed by atoms with Crippen molar-refractivity contribution in [1.29, 1.82) is 0 Å². The van der Waals surface area contributed by atoms with Crippen LogP contribution in [0.25, 0.3) is 11.3 Å². The number of phenolic OH excluding ortho intramolecular Hbond substituents is 1. The summed E-state index contributed by atoms with van der Waals surface area (Å²) in [5.41, 5.74) is 1.30. The van der Waals surface area contributed by atoms with Gasteiger partial charge in [0.1, 0.15) is 10.9 Å². The van der Waals surface area contributed by atoms with Gasteiger partial charge in [0.2, 0.25) is 0 Å². The molecule has 2 nitrogen and oxygen atoms in total. The van der Waals surface area contributed by atoms with E-state index in [2.05, 4.69) is 4.98 Å². The number of phenols is 1. The maximum absolute atomic E-state index is 9.17. The molecule has 1 aromatic carbocycles. The summed E-state index contributed by atoms with van der Waals surface area (Å²) >= 11 is 17.6. The smallest absolute Gasteiger partial charge is 1.00 e. The quantitative estimate of drug-likeness (QED) is 0.640. The second-order valence-corrected chi connectivity index (χ2v) is 4.31. The summed E-state index contributed by atoms with van der Waals surface area (Å²) < 4.78 is 0. The molecule has 0 spiro atoms. The topological polar surface area (TPSA) is 33.1 Å². The molecular formula is C11H7Cl3NNaO. The first-order valence-electron chi connectivity index (χ1n) is 4.39. The number of aromatic nitrogens is 1. The van der Waals surface area contributed by atoms with Crippen molar-refractivity contribution in [3.8, 4) is 17.0 Å². The van der Waals surface area contributed by atoms with Crippen LogP contribution in [0.15, 0.2) is 30.3 Å². The van der Waals surface area contributed by atoms with Crippen LogP contribution in [0.2, 0.25) is 15.2 Å². The fraction of sp³-hybridized carbons (Fsp3) is 0. The summed E-state index contributed by atoms with van der Waals surface area (Å²) in [4.78, 5) is 4.09. The van der Waals surface area contributed by atoms with Gasteiger partial charge >= 0.3 is 29.6 Å². The minimum absolute atomic E-state index is 0. The second-order valence-electron chi connectivity index (χ2n) is 3.14. The van der Waals surface area contributed by atoms with E-state index in [1.54, 1.807) is 30.3 Å². The summed E-state index contributed by atoms with van der Waals surface area (Å²) in [5.74, 6) is 0.180.